The number of carbonyl (C=O) groups excluding carboxylic acids is 1. The van der Waals surface area contributed by atoms with E-state index in [0.717, 1.165) is 11.1 Å². The number of anilines is 1. The van der Waals surface area contributed by atoms with Crippen molar-refractivity contribution < 1.29 is 9.90 Å². The Morgan fingerprint density at radius 2 is 2.06 bits per heavy atom. The van der Waals surface area contributed by atoms with Crippen LogP contribution in [0.15, 0.2) is 12.1 Å². The molecule has 1 rings (SSSR count). The Balaban J connectivity index is 2.79. The number of amides is 1. The average molecular weight is 236 g/mol. The highest BCUT2D eigenvalue weighted by atomic mass is 16.3. The molecule has 0 aliphatic carbocycles. The Morgan fingerprint density at radius 1 is 1.41 bits per heavy atom. The molecular formula is C13H20N2O2. The number of hydrogen-bond donors (Lipinski definition) is 3. The lowest BCUT2D eigenvalue weighted by Gasteiger charge is -2.12. The van der Waals surface area contributed by atoms with Gasteiger partial charge >= 0.3 is 0 Å². The monoisotopic (exact) mass is 236 g/mol. The van der Waals surface area contributed by atoms with E-state index >= 15 is 0 Å². The second kappa shape index (κ2) is 5.68. The number of nitrogens with one attached hydrogen (secondary N) is 1. The van der Waals surface area contributed by atoms with Gasteiger partial charge in [-0.25, -0.2) is 0 Å². The van der Waals surface area contributed by atoms with Crippen molar-refractivity contribution in [2.45, 2.75) is 33.3 Å². The average Bonchev–Trinajstić information content (AvgIpc) is 2.30. The molecule has 0 saturated heterocycles. The summed E-state index contributed by atoms with van der Waals surface area (Å²) in [5, 5.41) is 12.1. The molecule has 0 spiro atoms. The second-order valence-electron chi connectivity index (χ2n) is 4.30. The molecule has 1 amide bonds. The topological polar surface area (TPSA) is 75.3 Å². The third-order valence-electron chi connectivity index (χ3n) is 2.83. The van der Waals surface area contributed by atoms with E-state index in [0.29, 0.717) is 17.7 Å². The van der Waals surface area contributed by atoms with Gasteiger partial charge in [-0.15, -0.1) is 0 Å². The van der Waals surface area contributed by atoms with Crippen LogP contribution < -0.4 is 11.1 Å². The number of aliphatic hydroxyl groups excluding tert-OH is 1. The van der Waals surface area contributed by atoms with E-state index in [1.165, 1.54) is 0 Å². The van der Waals surface area contributed by atoms with Gasteiger partial charge in [0.15, 0.2) is 0 Å². The molecule has 4 nitrogen and oxygen atoms in total. The summed E-state index contributed by atoms with van der Waals surface area (Å²) in [4.78, 5) is 11.9. The van der Waals surface area contributed by atoms with Crippen LogP contribution in [-0.4, -0.2) is 23.7 Å². The van der Waals surface area contributed by atoms with Crippen LogP contribution in [0, 0.1) is 13.8 Å². The van der Waals surface area contributed by atoms with Gasteiger partial charge in [-0.1, -0.05) is 13.0 Å². The Kier molecular flexibility index (Phi) is 4.52. The van der Waals surface area contributed by atoms with Crippen LogP contribution in [0.3, 0.4) is 0 Å². The predicted molar refractivity (Wildman–Crippen MR) is 69.0 cm³/mol. The van der Waals surface area contributed by atoms with Crippen LogP contribution in [0.4, 0.5) is 5.69 Å². The van der Waals surface area contributed by atoms with Crippen LogP contribution in [0.1, 0.15) is 34.8 Å². The highest BCUT2D eigenvalue weighted by Crippen LogP contribution is 2.17. The fourth-order valence-corrected chi connectivity index (χ4v) is 1.56. The molecule has 1 aromatic rings. The minimum absolute atomic E-state index is 0.193. The number of nitrogen functional groups attached to an aromatic ring is 1. The van der Waals surface area contributed by atoms with Gasteiger partial charge in [0.2, 0.25) is 0 Å². The lowest BCUT2D eigenvalue weighted by Crippen LogP contribution is -2.32. The van der Waals surface area contributed by atoms with Crippen molar-refractivity contribution >= 4 is 11.6 Å². The van der Waals surface area contributed by atoms with Gasteiger partial charge in [-0.05, 0) is 37.5 Å². The molecule has 4 heteroatoms. The summed E-state index contributed by atoms with van der Waals surface area (Å²) in [5.41, 5.74) is 8.81. The molecule has 0 saturated carbocycles. The first-order chi connectivity index (χ1) is 7.95. The third-order valence-corrected chi connectivity index (χ3v) is 2.83. The first kappa shape index (κ1) is 13.5. The van der Waals surface area contributed by atoms with Gasteiger partial charge in [-0.3, -0.25) is 4.79 Å². The summed E-state index contributed by atoms with van der Waals surface area (Å²) in [7, 11) is 0. The number of carbonyl (C=O) groups is 1. The summed E-state index contributed by atoms with van der Waals surface area (Å²) in [6.45, 7) is 5.91. The Morgan fingerprint density at radius 3 is 2.65 bits per heavy atom. The fraction of sp³-hybridized carbons (Fsp3) is 0.462. The molecule has 0 bridgehead atoms. The molecule has 0 radical (unpaired) electrons. The van der Waals surface area contributed by atoms with Crippen LogP contribution in [0.5, 0.6) is 0 Å². The largest absolute Gasteiger partial charge is 0.398 e. The molecule has 0 heterocycles. The smallest absolute Gasteiger partial charge is 0.251 e. The van der Waals surface area contributed by atoms with Crippen LogP contribution in [0.2, 0.25) is 0 Å². The Bertz CT molecular complexity index is 416. The first-order valence-electron chi connectivity index (χ1n) is 5.78. The number of aryl methyl sites for hydroxylation is 2. The van der Waals surface area contributed by atoms with Gasteiger partial charge in [0.05, 0.1) is 6.10 Å². The maximum Gasteiger partial charge on any atom is 0.251 e. The maximum atomic E-state index is 11.9. The SMILES string of the molecule is CCC(O)CNC(=O)c1cc(N)c(C)cc1C. The molecule has 1 atom stereocenters. The Hall–Kier alpha value is -1.55. The summed E-state index contributed by atoms with van der Waals surface area (Å²) >= 11 is 0. The van der Waals surface area contributed by atoms with Crippen molar-refractivity contribution in [3.8, 4) is 0 Å². The minimum Gasteiger partial charge on any atom is -0.398 e. The molecule has 0 aliphatic heterocycles. The molecule has 0 aliphatic rings. The molecule has 4 N–H and O–H groups in total. The lowest BCUT2D eigenvalue weighted by molar-refractivity contribution is 0.0913. The Labute approximate surface area is 102 Å². The number of rotatable bonds is 4. The maximum absolute atomic E-state index is 11.9. The van der Waals surface area contributed by atoms with E-state index < -0.39 is 6.10 Å². The van der Waals surface area contributed by atoms with E-state index in [2.05, 4.69) is 5.32 Å². The quantitative estimate of drug-likeness (QED) is 0.691. The van der Waals surface area contributed by atoms with Crippen molar-refractivity contribution in [1.82, 2.24) is 5.32 Å². The van der Waals surface area contributed by atoms with E-state index in [1.807, 2.05) is 26.8 Å². The molecule has 0 aromatic heterocycles. The third kappa shape index (κ3) is 3.46. The van der Waals surface area contributed by atoms with Crippen molar-refractivity contribution in [3.63, 3.8) is 0 Å². The molecule has 94 valence electrons. The van der Waals surface area contributed by atoms with Gasteiger partial charge in [0.25, 0.3) is 5.91 Å². The number of benzene rings is 1. The van der Waals surface area contributed by atoms with Crippen LogP contribution in [-0.2, 0) is 0 Å². The number of aliphatic hydroxyl groups is 1. The predicted octanol–water partition coefficient (Wildman–Crippen LogP) is 1.39. The summed E-state index contributed by atoms with van der Waals surface area (Å²) < 4.78 is 0. The first-order valence-corrected chi connectivity index (χ1v) is 5.78. The molecule has 17 heavy (non-hydrogen) atoms. The lowest BCUT2D eigenvalue weighted by atomic mass is 10.0. The van der Waals surface area contributed by atoms with Gasteiger partial charge in [0.1, 0.15) is 0 Å². The van der Waals surface area contributed by atoms with E-state index in [9.17, 15) is 9.90 Å². The van der Waals surface area contributed by atoms with Gasteiger partial charge < -0.3 is 16.2 Å². The summed E-state index contributed by atoms with van der Waals surface area (Å²) in [5.74, 6) is -0.193. The van der Waals surface area contributed by atoms with Crippen LogP contribution in [0.25, 0.3) is 0 Å². The van der Waals surface area contributed by atoms with Crippen molar-refractivity contribution in [3.05, 3.63) is 28.8 Å². The highest BCUT2D eigenvalue weighted by molar-refractivity contribution is 5.96. The van der Waals surface area contributed by atoms with Crippen molar-refractivity contribution in [1.29, 1.82) is 0 Å². The van der Waals surface area contributed by atoms with Crippen molar-refractivity contribution in [2.24, 2.45) is 0 Å². The number of nitrogens with two attached hydrogens (primary N) is 1. The zero-order valence-electron chi connectivity index (χ0n) is 10.6. The van der Waals surface area contributed by atoms with Crippen molar-refractivity contribution in [2.75, 3.05) is 12.3 Å². The summed E-state index contributed by atoms with van der Waals surface area (Å²) in [6, 6.07) is 3.57. The fourth-order valence-electron chi connectivity index (χ4n) is 1.56. The van der Waals surface area contributed by atoms with Crippen LogP contribution >= 0.6 is 0 Å². The number of hydrogen-bond acceptors (Lipinski definition) is 3. The molecule has 0 fully saturated rings. The van der Waals surface area contributed by atoms with Gasteiger partial charge in [0, 0.05) is 17.8 Å². The zero-order chi connectivity index (χ0) is 13.0. The highest BCUT2D eigenvalue weighted by Gasteiger charge is 2.11. The zero-order valence-corrected chi connectivity index (χ0v) is 10.6. The minimum atomic E-state index is -0.498. The summed E-state index contributed by atoms with van der Waals surface area (Å²) in [6.07, 6.45) is 0.122. The molecule has 1 unspecified atom stereocenters. The standard InChI is InChI=1S/C13H20N2O2/c1-4-10(16)7-15-13(17)11-6-12(14)9(3)5-8(11)2/h5-6,10,16H,4,7,14H2,1-3H3,(H,15,17). The van der Waals surface area contributed by atoms with E-state index in [4.69, 9.17) is 5.73 Å². The van der Waals surface area contributed by atoms with E-state index in [1.54, 1.807) is 6.07 Å². The second-order valence-corrected chi connectivity index (χ2v) is 4.30. The normalized spacial score (nSPS) is 12.2. The molecular weight excluding hydrogens is 216 g/mol. The van der Waals surface area contributed by atoms with Gasteiger partial charge in [-0.2, -0.15) is 0 Å². The van der Waals surface area contributed by atoms with E-state index in [-0.39, 0.29) is 12.5 Å². The molecule has 1 aromatic carbocycles.